The highest BCUT2D eigenvalue weighted by atomic mass is 16.1. The second-order valence-corrected chi connectivity index (χ2v) is 3.64. The Kier molecular flexibility index (Phi) is 3.87. The maximum absolute atomic E-state index is 10.6. The third-order valence-electron chi connectivity index (χ3n) is 2.63. The van der Waals surface area contributed by atoms with Gasteiger partial charge in [0.05, 0.1) is 0 Å². The normalized spacial score (nSPS) is 10.2. The van der Waals surface area contributed by atoms with Gasteiger partial charge in [-0.15, -0.1) is 0 Å². The molecule has 0 heterocycles. The molecule has 1 aromatic rings. The van der Waals surface area contributed by atoms with Crippen molar-refractivity contribution in [1.29, 1.82) is 0 Å². The summed E-state index contributed by atoms with van der Waals surface area (Å²) < 4.78 is 0. The van der Waals surface area contributed by atoms with Crippen LogP contribution in [0.25, 0.3) is 0 Å². The Bertz CT molecular complexity index is 301. The molecule has 0 saturated carbocycles. The van der Waals surface area contributed by atoms with Crippen molar-refractivity contribution >= 4 is 6.29 Å². The molecular weight excluding hydrogens is 172 g/mol. The molecule has 1 heteroatoms. The van der Waals surface area contributed by atoms with Crippen molar-refractivity contribution in [3.63, 3.8) is 0 Å². The molecule has 0 N–H and O–H groups in total. The predicted molar refractivity (Wildman–Crippen MR) is 59.7 cm³/mol. The Balaban J connectivity index is 3.24. The van der Waals surface area contributed by atoms with Crippen LogP contribution in [0.5, 0.6) is 0 Å². The van der Waals surface area contributed by atoms with Crippen LogP contribution in [-0.4, -0.2) is 6.29 Å². The molecule has 76 valence electrons. The number of aldehydes is 1. The van der Waals surface area contributed by atoms with Gasteiger partial charge in [-0.1, -0.05) is 31.5 Å². The van der Waals surface area contributed by atoms with Crippen molar-refractivity contribution in [2.45, 2.75) is 40.0 Å². The zero-order valence-electron chi connectivity index (χ0n) is 9.26. The highest BCUT2D eigenvalue weighted by molar-refractivity contribution is 5.58. The average Bonchev–Trinajstić information content (AvgIpc) is 2.20. The molecule has 0 atom stereocenters. The van der Waals surface area contributed by atoms with Gasteiger partial charge in [0.25, 0.3) is 0 Å². The summed E-state index contributed by atoms with van der Waals surface area (Å²) in [5.74, 6) is 0. The smallest absolute Gasteiger partial charge is 0.124 e. The van der Waals surface area contributed by atoms with Gasteiger partial charge >= 0.3 is 0 Å². The molecule has 1 aromatic carbocycles. The molecule has 0 aliphatic heterocycles. The minimum absolute atomic E-state index is 0.562. The number of hydrogen-bond acceptors (Lipinski definition) is 1. The number of carbonyl (C=O) groups excluding carboxylic acids is 1. The van der Waals surface area contributed by atoms with Crippen LogP contribution in [0, 0.1) is 6.92 Å². The molecule has 14 heavy (non-hydrogen) atoms. The molecule has 0 aliphatic rings. The van der Waals surface area contributed by atoms with E-state index in [-0.39, 0.29) is 0 Å². The number of carbonyl (C=O) groups is 1. The Morgan fingerprint density at radius 1 is 1.14 bits per heavy atom. The van der Waals surface area contributed by atoms with Crippen molar-refractivity contribution in [2.75, 3.05) is 0 Å². The zero-order chi connectivity index (χ0) is 10.6. The van der Waals surface area contributed by atoms with E-state index in [0.29, 0.717) is 6.42 Å². The minimum atomic E-state index is 0.562. The van der Waals surface area contributed by atoms with Gasteiger partial charge < -0.3 is 4.79 Å². The number of rotatable bonds is 4. The first-order chi connectivity index (χ1) is 6.72. The quantitative estimate of drug-likeness (QED) is 0.667. The lowest BCUT2D eigenvalue weighted by Crippen LogP contribution is -2.01. The van der Waals surface area contributed by atoms with Crippen LogP contribution in [-0.2, 0) is 24.1 Å². The lowest BCUT2D eigenvalue weighted by Gasteiger charge is -2.12. The summed E-state index contributed by atoms with van der Waals surface area (Å²) in [6.45, 7) is 6.40. The first kappa shape index (κ1) is 11.0. The Labute approximate surface area is 86.1 Å². The van der Waals surface area contributed by atoms with E-state index in [1.54, 1.807) is 0 Å². The first-order valence-electron chi connectivity index (χ1n) is 5.27. The van der Waals surface area contributed by atoms with Gasteiger partial charge in [0.15, 0.2) is 0 Å². The summed E-state index contributed by atoms with van der Waals surface area (Å²) >= 11 is 0. The second-order valence-electron chi connectivity index (χ2n) is 3.64. The Morgan fingerprint density at radius 2 is 1.64 bits per heavy atom. The molecule has 0 saturated heterocycles. The van der Waals surface area contributed by atoms with Gasteiger partial charge in [-0.25, -0.2) is 0 Å². The molecule has 0 aliphatic carbocycles. The third-order valence-corrected chi connectivity index (χ3v) is 2.63. The predicted octanol–water partition coefficient (Wildman–Crippen LogP) is 2.86. The molecular formula is C13H18O. The molecule has 1 nitrogen and oxygen atoms in total. The first-order valence-corrected chi connectivity index (χ1v) is 5.27. The van der Waals surface area contributed by atoms with Gasteiger partial charge in [-0.3, -0.25) is 0 Å². The van der Waals surface area contributed by atoms with Gasteiger partial charge in [-0.2, -0.15) is 0 Å². The van der Waals surface area contributed by atoms with E-state index in [4.69, 9.17) is 0 Å². The van der Waals surface area contributed by atoms with Crippen LogP contribution in [0.1, 0.15) is 36.1 Å². The maximum Gasteiger partial charge on any atom is 0.124 e. The monoisotopic (exact) mass is 190 g/mol. The number of benzene rings is 1. The van der Waals surface area contributed by atoms with Crippen molar-refractivity contribution in [1.82, 2.24) is 0 Å². The van der Waals surface area contributed by atoms with E-state index in [2.05, 4.69) is 32.9 Å². The molecule has 0 bridgehead atoms. The Morgan fingerprint density at radius 3 is 2.00 bits per heavy atom. The fourth-order valence-electron chi connectivity index (χ4n) is 1.95. The molecule has 0 amide bonds. The summed E-state index contributed by atoms with van der Waals surface area (Å²) in [5, 5.41) is 0. The van der Waals surface area contributed by atoms with E-state index in [1.165, 1.54) is 22.3 Å². The molecule has 0 spiro atoms. The molecule has 0 unspecified atom stereocenters. The average molecular weight is 190 g/mol. The lowest BCUT2D eigenvalue weighted by atomic mass is 9.93. The van der Waals surface area contributed by atoms with Crippen molar-refractivity contribution in [3.8, 4) is 0 Å². The largest absolute Gasteiger partial charge is 0.303 e. The number of aryl methyl sites for hydroxylation is 3. The fourth-order valence-corrected chi connectivity index (χ4v) is 1.95. The van der Waals surface area contributed by atoms with Crippen LogP contribution in [0.3, 0.4) is 0 Å². The van der Waals surface area contributed by atoms with Crippen LogP contribution >= 0.6 is 0 Å². The van der Waals surface area contributed by atoms with Crippen molar-refractivity contribution in [3.05, 3.63) is 34.4 Å². The third kappa shape index (κ3) is 2.22. The van der Waals surface area contributed by atoms with E-state index in [1.807, 2.05) is 0 Å². The Hall–Kier alpha value is -1.11. The van der Waals surface area contributed by atoms with E-state index < -0.39 is 0 Å². The van der Waals surface area contributed by atoms with Crippen molar-refractivity contribution in [2.24, 2.45) is 0 Å². The molecule has 0 radical (unpaired) electrons. The lowest BCUT2D eigenvalue weighted by molar-refractivity contribution is -0.107. The highest BCUT2D eigenvalue weighted by Gasteiger charge is 2.06. The van der Waals surface area contributed by atoms with E-state index in [0.717, 1.165) is 19.1 Å². The van der Waals surface area contributed by atoms with Gasteiger partial charge in [0.2, 0.25) is 0 Å². The van der Waals surface area contributed by atoms with Crippen molar-refractivity contribution < 1.29 is 4.79 Å². The SMILES string of the molecule is CCc1cc(C)cc(CC)c1CC=O. The summed E-state index contributed by atoms with van der Waals surface area (Å²) in [6.07, 6.45) is 3.59. The summed E-state index contributed by atoms with van der Waals surface area (Å²) in [4.78, 5) is 10.6. The van der Waals surface area contributed by atoms with Crippen LogP contribution in [0.2, 0.25) is 0 Å². The maximum atomic E-state index is 10.6. The minimum Gasteiger partial charge on any atom is -0.303 e. The number of hydrogen-bond donors (Lipinski definition) is 0. The van der Waals surface area contributed by atoms with Gasteiger partial charge in [0.1, 0.15) is 6.29 Å². The summed E-state index contributed by atoms with van der Waals surface area (Å²) in [6, 6.07) is 4.38. The molecule has 0 fully saturated rings. The van der Waals surface area contributed by atoms with Gasteiger partial charge in [-0.05, 0) is 36.5 Å². The second kappa shape index (κ2) is 4.94. The standard InChI is InChI=1S/C13H18O/c1-4-11-8-10(3)9-12(5-2)13(11)6-7-14/h7-9H,4-6H2,1-3H3. The summed E-state index contributed by atoms with van der Waals surface area (Å²) in [7, 11) is 0. The fraction of sp³-hybridized carbons (Fsp3) is 0.462. The summed E-state index contributed by atoms with van der Waals surface area (Å²) in [5.41, 5.74) is 5.20. The highest BCUT2D eigenvalue weighted by Crippen LogP contribution is 2.19. The van der Waals surface area contributed by atoms with E-state index in [9.17, 15) is 4.79 Å². The van der Waals surface area contributed by atoms with Gasteiger partial charge in [0, 0.05) is 6.42 Å². The van der Waals surface area contributed by atoms with E-state index >= 15 is 0 Å². The zero-order valence-corrected chi connectivity index (χ0v) is 9.26. The van der Waals surface area contributed by atoms with Crippen LogP contribution < -0.4 is 0 Å². The topological polar surface area (TPSA) is 17.1 Å². The van der Waals surface area contributed by atoms with Crippen LogP contribution in [0.15, 0.2) is 12.1 Å². The van der Waals surface area contributed by atoms with Crippen LogP contribution in [0.4, 0.5) is 0 Å². The molecule has 0 aromatic heterocycles. The molecule has 1 rings (SSSR count).